The topological polar surface area (TPSA) is 69.8 Å². The predicted molar refractivity (Wildman–Crippen MR) is 115 cm³/mol. The summed E-state index contributed by atoms with van der Waals surface area (Å²) in [5, 5.41) is 6.66. The number of H-pyrrole nitrogens is 1. The van der Waals surface area contributed by atoms with E-state index in [0.29, 0.717) is 6.54 Å². The summed E-state index contributed by atoms with van der Waals surface area (Å²) in [6, 6.07) is 8.58. The van der Waals surface area contributed by atoms with Crippen molar-refractivity contribution in [3.05, 3.63) is 53.6 Å². The third kappa shape index (κ3) is 5.02. The van der Waals surface area contributed by atoms with Crippen molar-refractivity contribution >= 4 is 5.91 Å². The van der Waals surface area contributed by atoms with Gasteiger partial charge in [-0.05, 0) is 57.7 Å². The molecule has 1 aromatic carbocycles. The Labute approximate surface area is 169 Å². The van der Waals surface area contributed by atoms with E-state index >= 15 is 0 Å². The molecule has 0 unspecified atom stereocenters. The van der Waals surface area contributed by atoms with Crippen LogP contribution in [0.4, 0.5) is 0 Å². The molecular weight excluding hydrogens is 348 g/mol. The minimum absolute atomic E-state index is 0.128. The maximum Gasteiger partial charge on any atom is 0.230 e. The third-order valence-electron chi connectivity index (χ3n) is 5.85. The highest BCUT2D eigenvalue weighted by molar-refractivity contribution is 5.88. The Bertz CT molecular complexity index is 716. The van der Waals surface area contributed by atoms with E-state index in [0.717, 1.165) is 43.6 Å². The van der Waals surface area contributed by atoms with E-state index in [4.69, 9.17) is 0 Å². The molecule has 1 amide bonds. The number of nitrogens with zero attached hydrogens (tertiary/aromatic N) is 1. The molecule has 28 heavy (non-hydrogen) atoms. The van der Waals surface area contributed by atoms with Gasteiger partial charge in [-0.25, -0.2) is 4.98 Å². The average Bonchev–Trinajstić information content (AvgIpc) is 3.21. The summed E-state index contributed by atoms with van der Waals surface area (Å²) >= 11 is 0. The molecule has 0 aliphatic rings. The van der Waals surface area contributed by atoms with Crippen LogP contribution in [0.2, 0.25) is 0 Å². The summed E-state index contributed by atoms with van der Waals surface area (Å²) in [4.78, 5) is 20.2. The zero-order chi connectivity index (χ0) is 20.6. The number of aromatic amines is 1. The van der Waals surface area contributed by atoms with Crippen molar-refractivity contribution in [3.63, 3.8) is 0 Å². The van der Waals surface area contributed by atoms with Crippen molar-refractivity contribution in [2.75, 3.05) is 13.1 Å². The fraction of sp³-hybridized carbons (Fsp3) is 0.565. The van der Waals surface area contributed by atoms with Crippen LogP contribution in [0.25, 0.3) is 0 Å². The highest BCUT2D eigenvalue weighted by atomic mass is 16.2. The van der Waals surface area contributed by atoms with Gasteiger partial charge in [0.15, 0.2) is 0 Å². The van der Waals surface area contributed by atoms with Crippen LogP contribution in [0.3, 0.4) is 0 Å². The normalized spacial score (nSPS) is 12.2. The predicted octanol–water partition coefficient (Wildman–Crippen LogP) is 4.06. The van der Waals surface area contributed by atoms with Crippen LogP contribution < -0.4 is 10.6 Å². The number of hydrogen-bond acceptors (Lipinski definition) is 3. The molecule has 0 saturated heterocycles. The van der Waals surface area contributed by atoms with E-state index in [1.165, 1.54) is 5.56 Å². The van der Waals surface area contributed by atoms with E-state index in [1.54, 1.807) is 6.20 Å². The lowest BCUT2D eigenvalue weighted by atomic mass is 9.74. The van der Waals surface area contributed by atoms with Gasteiger partial charge >= 0.3 is 0 Å². The Kier molecular flexibility index (Phi) is 7.81. The molecule has 0 bridgehead atoms. The Balaban J connectivity index is 2.05. The molecule has 0 aliphatic heterocycles. The van der Waals surface area contributed by atoms with Crippen molar-refractivity contribution in [1.82, 2.24) is 20.6 Å². The molecule has 1 heterocycles. The summed E-state index contributed by atoms with van der Waals surface area (Å²) in [5.74, 6) is 1.16. The van der Waals surface area contributed by atoms with Gasteiger partial charge in [0, 0.05) is 30.9 Å². The number of imidazole rings is 1. The molecule has 2 rings (SSSR count). The van der Waals surface area contributed by atoms with Gasteiger partial charge in [-0.2, -0.15) is 0 Å². The van der Waals surface area contributed by atoms with Crippen LogP contribution in [-0.2, 0) is 22.2 Å². The number of aryl methyl sites for hydroxylation is 1. The van der Waals surface area contributed by atoms with Crippen molar-refractivity contribution in [2.45, 2.75) is 71.3 Å². The highest BCUT2D eigenvalue weighted by Crippen LogP contribution is 2.33. The number of hydrogen-bond donors (Lipinski definition) is 3. The first-order chi connectivity index (χ1) is 13.4. The van der Waals surface area contributed by atoms with E-state index in [1.807, 2.05) is 13.1 Å². The molecular formula is C23H36N4O. The molecule has 5 nitrogen and oxygen atoms in total. The van der Waals surface area contributed by atoms with Crippen molar-refractivity contribution in [3.8, 4) is 0 Å². The summed E-state index contributed by atoms with van der Waals surface area (Å²) < 4.78 is 0. The van der Waals surface area contributed by atoms with Gasteiger partial charge in [0.05, 0.1) is 5.41 Å². The lowest BCUT2D eigenvalue weighted by Gasteiger charge is -2.32. The van der Waals surface area contributed by atoms with E-state index < -0.39 is 5.41 Å². The third-order valence-corrected chi connectivity index (χ3v) is 5.85. The maximum atomic E-state index is 12.8. The lowest BCUT2D eigenvalue weighted by molar-refractivity contribution is -0.127. The number of rotatable bonds is 11. The smallest absolute Gasteiger partial charge is 0.230 e. The molecule has 5 heteroatoms. The molecule has 1 aromatic heterocycles. The minimum Gasteiger partial charge on any atom is -0.356 e. The van der Waals surface area contributed by atoms with Gasteiger partial charge in [-0.1, -0.05) is 38.1 Å². The zero-order valence-corrected chi connectivity index (χ0v) is 18.1. The van der Waals surface area contributed by atoms with Crippen molar-refractivity contribution in [2.24, 2.45) is 0 Å². The zero-order valence-electron chi connectivity index (χ0n) is 18.1. The second-order valence-corrected chi connectivity index (χ2v) is 7.92. The summed E-state index contributed by atoms with van der Waals surface area (Å²) in [5.41, 5.74) is 1.75. The maximum absolute atomic E-state index is 12.8. The minimum atomic E-state index is -0.449. The molecule has 0 fully saturated rings. The Morgan fingerprint density at radius 2 is 1.71 bits per heavy atom. The molecule has 0 radical (unpaired) electrons. The van der Waals surface area contributed by atoms with Crippen LogP contribution in [-0.4, -0.2) is 29.0 Å². The van der Waals surface area contributed by atoms with Crippen LogP contribution in [0.15, 0.2) is 36.7 Å². The number of likely N-dealkylation sites (N-methyl/N-ethyl adjacent to an activating group) is 1. The fourth-order valence-electron chi connectivity index (χ4n) is 3.84. The molecule has 0 atom stereocenters. The van der Waals surface area contributed by atoms with Gasteiger partial charge in [-0.3, -0.25) is 4.79 Å². The lowest BCUT2D eigenvalue weighted by Crippen LogP contribution is -2.43. The molecule has 154 valence electrons. The van der Waals surface area contributed by atoms with Crippen LogP contribution in [0.1, 0.15) is 70.8 Å². The van der Waals surface area contributed by atoms with Crippen molar-refractivity contribution < 1.29 is 4.79 Å². The molecule has 3 N–H and O–H groups in total. The first kappa shape index (κ1) is 22.2. The molecule has 0 saturated carbocycles. The first-order valence-corrected chi connectivity index (χ1v) is 10.5. The molecule has 2 aromatic rings. The monoisotopic (exact) mass is 384 g/mol. The quantitative estimate of drug-likeness (QED) is 0.512. The van der Waals surface area contributed by atoms with Crippen LogP contribution in [0, 0.1) is 0 Å². The number of benzene rings is 1. The highest BCUT2D eigenvalue weighted by Gasteiger charge is 2.36. The molecule has 0 spiro atoms. The second-order valence-electron chi connectivity index (χ2n) is 7.92. The van der Waals surface area contributed by atoms with Gasteiger partial charge in [0.25, 0.3) is 0 Å². The van der Waals surface area contributed by atoms with Gasteiger partial charge in [-0.15, -0.1) is 0 Å². The van der Waals surface area contributed by atoms with E-state index in [-0.39, 0.29) is 11.4 Å². The van der Waals surface area contributed by atoms with Crippen LogP contribution >= 0.6 is 0 Å². The summed E-state index contributed by atoms with van der Waals surface area (Å²) in [7, 11) is 0. The Morgan fingerprint density at radius 1 is 1.07 bits per heavy atom. The SMILES string of the molecule is CCNC(=O)C(CC)(CC)c1ccc(C(C)(C)NCCCc2ncc[nH]2)cc1. The first-order valence-electron chi connectivity index (χ1n) is 10.5. The number of amides is 1. The van der Waals surface area contributed by atoms with Crippen molar-refractivity contribution in [1.29, 1.82) is 0 Å². The summed E-state index contributed by atoms with van der Waals surface area (Å²) in [6.45, 7) is 12.1. The Hall–Kier alpha value is -2.14. The van der Waals surface area contributed by atoms with Gasteiger partial charge in [0.2, 0.25) is 5.91 Å². The van der Waals surface area contributed by atoms with Gasteiger partial charge < -0.3 is 15.6 Å². The largest absolute Gasteiger partial charge is 0.356 e. The Morgan fingerprint density at radius 3 is 2.25 bits per heavy atom. The number of aromatic nitrogens is 2. The van der Waals surface area contributed by atoms with E-state index in [9.17, 15) is 4.79 Å². The van der Waals surface area contributed by atoms with Crippen LogP contribution in [0.5, 0.6) is 0 Å². The summed E-state index contributed by atoms with van der Waals surface area (Å²) in [6.07, 6.45) is 7.22. The average molecular weight is 385 g/mol. The van der Waals surface area contributed by atoms with Gasteiger partial charge in [0.1, 0.15) is 5.82 Å². The second kappa shape index (κ2) is 9.87. The number of carbonyl (C=O) groups is 1. The standard InChI is InChI=1S/C23H36N4O/c1-6-23(7-2,21(28)24-8-3)19-13-11-18(12-14-19)22(4,5)27-15-9-10-20-25-16-17-26-20/h11-14,16-17,27H,6-10,15H2,1-5H3,(H,24,28)(H,25,26). The fourth-order valence-corrected chi connectivity index (χ4v) is 3.84. The number of nitrogens with one attached hydrogen (secondary N) is 3. The molecule has 0 aliphatic carbocycles. The number of carbonyl (C=O) groups excluding carboxylic acids is 1. The van der Waals surface area contributed by atoms with E-state index in [2.05, 4.69) is 72.6 Å².